The van der Waals surface area contributed by atoms with E-state index in [1.807, 2.05) is 30.3 Å². The highest BCUT2D eigenvalue weighted by Crippen LogP contribution is 2.30. The summed E-state index contributed by atoms with van der Waals surface area (Å²) in [6.45, 7) is 0.198. The van der Waals surface area contributed by atoms with Crippen molar-refractivity contribution in [1.29, 1.82) is 0 Å². The van der Waals surface area contributed by atoms with Crippen LogP contribution in [0.2, 0.25) is 0 Å². The zero-order chi connectivity index (χ0) is 12.3. The van der Waals surface area contributed by atoms with Crippen LogP contribution in [0.1, 0.15) is 5.56 Å². The molecule has 0 saturated carbocycles. The molecule has 0 unspecified atom stereocenters. The van der Waals surface area contributed by atoms with Gasteiger partial charge in [-0.1, -0.05) is 18.2 Å². The second kappa shape index (κ2) is 4.84. The SMILES string of the molecule is COc1ccccc1-c1cc[nH]c(=O)c1CN. The van der Waals surface area contributed by atoms with Crippen LogP contribution in [-0.4, -0.2) is 12.1 Å². The van der Waals surface area contributed by atoms with Gasteiger partial charge in [0.2, 0.25) is 0 Å². The van der Waals surface area contributed by atoms with Crippen molar-refractivity contribution in [3.8, 4) is 16.9 Å². The minimum Gasteiger partial charge on any atom is -0.496 e. The summed E-state index contributed by atoms with van der Waals surface area (Å²) < 4.78 is 5.29. The van der Waals surface area contributed by atoms with Gasteiger partial charge >= 0.3 is 0 Å². The maximum atomic E-state index is 11.7. The molecule has 2 aromatic rings. The molecule has 1 aromatic heterocycles. The summed E-state index contributed by atoms with van der Waals surface area (Å²) in [5.74, 6) is 0.729. The zero-order valence-corrected chi connectivity index (χ0v) is 9.57. The molecule has 88 valence electrons. The van der Waals surface area contributed by atoms with E-state index in [1.54, 1.807) is 13.3 Å². The van der Waals surface area contributed by atoms with Crippen LogP contribution in [0, 0.1) is 0 Å². The monoisotopic (exact) mass is 230 g/mol. The first-order valence-corrected chi connectivity index (χ1v) is 5.32. The van der Waals surface area contributed by atoms with Crippen LogP contribution in [0.25, 0.3) is 11.1 Å². The third-order valence-corrected chi connectivity index (χ3v) is 2.66. The van der Waals surface area contributed by atoms with Crippen molar-refractivity contribution in [3.05, 3.63) is 52.4 Å². The Morgan fingerprint density at radius 1 is 1.24 bits per heavy atom. The van der Waals surface area contributed by atoms with Crippen LogP contribution in [0.5, 0.6) is 5.75 Å². The van der Waals surface area contributed by atoms with Crippen molar-refractivity contribution in [3.63, 3.8) is 0 Å². The number of nitrogens with two attached hydrogens (primary N) is 1. The third kappa shape index (κ3) is 2.07. The Hall–Kier alpha value is -2.07. The molecule has 0 fully saturated rings. The van der Waals surface area contributed by atoms with Gasteiger partial charge in [-0.05, 0) is 17.7 Å². The zero-order valence-electron chi connectivity index (χ0n) is 9.57. The molecule has 0 spiro atoms. The number of rotatable bonds is 3. The highest BCUT2D eigenvalue weighted by atomic mass is 16.5. The quantitative estimate of drug-likeness (QED) is 0.839. The van der Waals surface area contributed by atoms with Gasteiger partial charge in [0.1, 0.15) is 5.75 Å². The average molecular weight is 230 g/mol. The molecule has 0 aliphatic rings. The van der Waals surface area contributed by atoms with Gasteiger partial charge in [0.15, 0.2) is 0 Å². The van der Waals surface area contributed by atoms with Crippen LogP contribution in [0.3, 0.4) is 0 Å². The summed E-state index contributed by atoms with van der Waals surface area (Å²) in [6, 6.07) is 9.39. The minimum absolute atomic E-state index is 0.157. The summed E-state index contributed by atoms with van der Waals surface area (Å²) in [5, 5.41) is 0. The molecule has 2 rings (SSSR count). The number of para-hydroxylation sites is 1. The smallest absolute Gasteiger partial charge is 0.253 e. The lowest BCUT2D eigenvalue weighted by molar-refractivity contribution is 0.416. The Kier molecular flexibility index (Phi) is 3.25. The largest absolute Gasteiger partial charge is 0.496 e. The molecule has 1 heterocycles. The van der Waals surface area contributed by atoms with Gasteiger partial charge in [0.05, 0.1) is 7.11 Å². The molecule has 4 heteroatoms. The number of nitrogens with one attached hydrogen (secondary N) is 1. The van der Waals surface area contributed by atoms with Crippen molar-refractivity contribution >= 4 is 0 Å². The van der Waals surface area contributed by atoms with Gasteiger partial charge in [0.25, 0.3) is 5.56 Å². The molecule has 0 bridgehead atoms. The van der Waals surface area contributed by atoms with E-state index < -0.39 is 0 Å². The fraction of sp³-hybridized carbons (Fsp3) is 0.154. The summed E-state index contributed by atoms with van der Waals surface area (Å²) in [4.78, 5) is 14.3. The maximum absolute atomic E-state index is 11.7. The number of H-pyrrole nitrogens is 1. The lowest BCUT2D eigenvalue weighted by Gasteiger charge is -2.10. The summed E-state index contributed by atoms with van der Waals surface area (Å²) in [6.07, 6.45) is 1.61. The first-order chi connectivity index (χ1) is 8.27. The Morgan fingerprint density at radius 3 is 2.71 bits per heavy atom. The Labute approximate surface area is 99.1 Å². The number of aromatic amines is 1. The molecular formula is C13H14N2O2. The van der Waals surface area contributed by atoms with E-state index in [1.165, 1.54) is 0 Å². The molecular weight excluding hydrogens is 216 g/mol. The van der Waals surface area contributed by atoms with Gasteiger partial charge < -0.3 is 15.5 Å². The predicted octanol–water partition coefficient (Wildman–Crippen LogP) is 1.51. The lowest BCUT2D eigenvalue weighted by Crippen LogP contribution is -2.16. The summed E-state index contributed by atoms with van der Waals surface area (Å²) in [5.41, 5.74) is 7.72. The van der Waals surface area contributed by atoms with Gasteiger partial charge in [0, 0.05) is 23.9 Å². The molecule has 0 saturated heterocycles. The highest BCUT2D eigenvalue weighted by molar-refractivity contribution is 5.72. The van der Waals surface area contributed by atoms with Crippen LogP contribution < -0.4 is 16.0 Å². The molecule has 3 N–H and O–H groups in total. The normalized spacial score (nSPS) is 10.2. The minimum atomic E-state index is -0.157. The first kappa shape index (κ1) is 11.4. The summed E-state index contributed by atoms with van der Waals surface area (Å²) in [7, 11) is 1.61. The molecule has 0 amide bonds. The van der Waals surface area contributed by atoms with Crippen molar-refractivity contribution in [1.82, 2.24) is 4.98 Å². The van der Waals surface area contributed by atoms with Crippen LogP contribution in [0.15, 0.2) is 41.3 Å². The van der Waals surface area contributed by atoms with E-state index in [9.17, 15) is 4.79 Å². The number of pyridine rings is 1. The lowest BCUT2D eigenvalue weighted by atomic mass is 10.0. The Morgan fingerprint density at radius 2 is 2.00 bits per heavy atom. The van der Waals surface area contributed by atoms with Crippen LogP contribution in [-0.2, 0) is 6.54 Å². The third-order valence-electron chi connectivity index (χ3n) is 2.66. The van der Waals surface area contributed by atoms with E-state index in [-0.39, 0.29) is 12.1 Å². The standard InChI is InChI=1S/C13H14N2O2/c1-17-12-5-3-2-4-10(12)9-6-7-15-13(16)11(9)8-14/h2-7H,8,14H2,1H3,(H,15,16). The van der Waals surface area contributed by atoms with Crippen LogP contribution in [0.4, 0.5) is 0 Å². The van der Waals surface area contributed by atoms with E-state index in [4.69, 9.17) is 10.5 Å². The van der Waals surface area contributed by atoms with Crippen molar-refractivity contribution in [2.75, 3.05) is 7.11 Å². The second-order valence-corrected chi connectivity index (χ2v) is 3.60. The van der Waals surface area contributed by atoms with Crippen molar-refractivity contribution < 1.29 is 4.74 Å². The van der Waals surface area contributed by atoms with Crippen LogP contribution >= 0.6 is 0 Å². The topological polar surface area (TPSA) is 68.1 Å². The van der Waals surface area contributed by atoms with Gasteiger partial charge in [-0.3, -0.25) is 4.79 Å². The number of aromatic nitrogens is 1. The number of hydrogen-bond donors (Lipinski definition) is 2. The molecule has 0 atom stereocenters. The molecule has 17 heavy (non-hydrogen) atoms. The van der Waals surface area contributed by atoms with E-state index in [0.29, 0.717) is 5.56 Å². The first-order valence-electron chi connectivity index (χ1n) is 5.32. The van der Waals surface area contributed by atoms with E-state index in [0.717, 1.165) is 16.9 Å². The Balaban J connectivity index is 2.68. The molecule has 0 aliphatic carbocycles. The van der Waals surface area contributed by atoms with Gasteiger partial charge in [-0.2, -0.15) is 0 Å². The van der Waals surface area contributed by atoms with E-state index >= 15 is 0 Å². The van der Waals surface area contributed by atoms with Gasteiger partial charge in [-0.15, -0.1) is 0 Å². The molecule has 4 nitrogen and oxygen atoms in total. The van der Waals surface area contributed by atoms with Crippen molar-refractivity contribution in [2.45, 2.75) is 6.54 Å². The van der Waals surface area contributed by atoms with E-state index in [2.05, 4.69) is 4.98 Å². The predicted molar refractivity (Wildman–Crippen MR) is 66.9 cm³/mol. The number of methoxy groups -OCH3 is 1. The molecule has 0 radical (unpaired) electrons. The number of hydrogen-bond acceptors (Lipinski definition) is 3. The molecule has 1 aromatic carbocycles. The van der Waals surface area contributed by atoms with Crippen molar-refractivity contribution in [2.24, 2.45) is 5.73 Å². The molecule has 0 aliphatic heterocycles. The fourth-order valence-electron chi connectivity index (χ4n) is 1.83. The summed E-state index contributed by atoms with van der Waals surface area (Å²) >= 11 is 0. The van der Waals surface area contributed by atoms with Gasteiger partial charge in [-0.25, -0.2) is 0 Å². The Bertz CT molecular complexity index is 576. The average Bonchev–Trinajstić information content (AvgIpc) is 2.38. The maximum Gasteiger partial charge on any atom is 0.253 e. The number of benzene rings is 1. The number of ether oxygens (including phenoxy) is 1. The highest BCUT2D eigenvalue weighted by Gasteiger charge is 2.11. The second-order valence-electron chi connectivity index (χ2n) is 3.60. The fourth-order valence-corrected chi connectivity index (χ4v) is 1.83.